The average Bonchev–Trinajstić information content (AvgIpc) is 3.36. The van der Waals surface area contributed by atoms with Crippen molar-refractivity contribution in [3.05, 3.63) is 64.7 Å². The van der Waals surface area contributed by atoms with E-state index in [0.717, 1.165) is 29.4 Å². The number of likely N-dealkylation sites (tertiary alicyclic amines) is 1. The molecule has 0 unspecified atom stereocenters. The van der Waals surface area contributed by atoms with Gasteiger partial charge in [-0.1, -0.05) is 0 Å². The van der Waals surface area contributed by atoms with Gasteiger partial charge in [-0.15, -0.1) is 11.3 Å². The van der Waals surface area contributed by atoms with Gasteiger partial charge in [-0.05, 0) is 44.9 Å². The Morgan fingerprint density at radius 3 is 2.52 bits per heavy atom. The van der Waals surface area contributed by atoms with Gasteiger partial charge in [0, 0.05) is 60.1 Å². The van der Waals surface area contributed by atoms with Crippen LogP contribution in [0.5, 0.6) is 0 Å². The highest BCUT2D eigenvalue weighted by Gasteiger charge is 2.26. The van der Waals surface area contributed by atoms with Gasteiger partial charge in [-0.2, -0.15) is 0 Å². The Morgan fingerprint density at radius 1 is 1.14 bits per heavy atom. The molecule has 0 saturated carbocycles. The molecule has 150 valence electrons. The maximum Gasteiger partial charge on any atom is 0.253 e. The molecule has 1 fully saturated rings. The number of carbonyl (C=O) groups excluding carboxylic acids is 2. The molecule has 0 radical (unpaired) electrons. The minimum atomic E-state index is -0.0696. The standard InChI is InChI=1S/C21H23N5O2S/c1-14-13-18(15(2)26(14)21-23-9-12-29-21)19(27)24-17-5-10-25(11-6-17)20(28)16-3-7-22-8-4-16/h3-4,7-9,12-13,17H,5-6,10-11H2,1-2H3,(H,24,27). The molecule has 7 nitrogen and oxygen atoms in total. The Hall–Kier alpha value is -3.00. The normalized spacial score (nSPS) is 14.8. The van der Waals surface area contributed by atoms with Crippen molar-refractivity contribution in [1.82, 2.24) is 24.8 Å². The molecule has 4 heterocycles. The van der Waals surface area contributed by atoms with E-state index in [9.17, 15) is 9.59 Å². The fourth-order valence-electron chi connectivity index (χ4n) is 3.78. The van der Waals surface area contributed by atoms with Crippen LogP contribution in [0, 0.1) is 13.8 Å². The molecule has 1 aliphatic heterocycles. The fraction of sp³-hybridized carbons (Fsp3) is 0.333. The minimum Gasteiger partial charge on any atom is -0.349 e. The quantitative estimate of drug-likeness (QED) is 0.718. The number of amides is 2. The van der Waals surface area contributed by atoms with Crippen molar-refractivity contribution < 1.29 is 9.59 Å². The van der Waals surface area contributed by atoms with Crippen LogP contribution in [0.15, 0.2) is 42.2 Å². The zero-order chi connectivity index (χ0) is 20.4. The van der Waals surface area contributed by atoms with Crippen LogP contribution in [0.3, 0.4) is 0 Å². The van der Waals surface area contributed by atoms with Crippen molar-refractivity contribution in [3.63, 3.8) is 0 Å². The summed E-state index contributed by atoms with van der Waals surface area (Å²) in [6.45, 7) is 5.18. The lowest BCUT2D eigenvalue weighted by Crippen LogP contribution is -2.46. The smallest absolute Gasteiger partial charge is 0.253 e. The minimum absolute atomic E-state index is 0.0177. The fourth-order valence-corrected chi connectivity index (χ4v) is 4.53. The zero-order valence-electron chi connectivity index (χ0n) is 16.5. The first kappa shape index (κ1) is 19.3. The predicted molar refractivity (Wildman–Crippen MR) is 112 cm³/mol. The van der Waals surface area contributed by atoms with Crippen LogP contribution in [0.4, 0.5) is 0 Å². The molecular weight excluding hydrogens is 386 g/mol. The van der Waals surface area contributed by atoms with Crippen LogP contribution in [0.25, 0.3) is 5.13 Å². The summed E-state index contributed by atoms with van der Waals surface area (Å²) in [6, 6.07) is 5.43. The van der Waals surface area contributed by atoms with Crippen molar-refractivity contribution >= 4 is 23.2 Å². The Kier molecular flexibility index (Phi) is 5.44. The summed E-state index contributed by atoms with van der Waals surface area (Å²) in [7, 11) is 0. The molecule has 2 amide bonds. The van der Waals surface area contributed by atoms with E-state index < -0.39 is 0 Å². The highest BCUT2D eigenvalue weighted by atomic mass is 32.1. The first-order valence-electron chi connectivity index (χ1n) is 9.63. The molecule has 0 atom stereocenters. The summed E-state index contributed by atoms with van der Waals surface area (Å²) >= 11 is 1.54. The lowest BCUT2D eigenvalue weighted by molar-refractivity contribution is 0.0698. The van der Waals surface area contributed by atoms with Crippen LogP contribution in [-0.2, 0) is 0 Å². The molecule has 0 aliphatic carbocycles. The van der Waals surface area contributed by atoms with Crippen molar-refractivity contribution in [2.24, 2.45) is 0 Å². The first-order valence-corrected chi connectivity index (χ1v) is 10.5. The van der Waals surface area contributed by atoms with E-state index >= 15 is 0 Å². The number of aryl methyl sites for hydroxylation is 1. The third kappa shape index (κ3) is 3.93. The molecule has 0 spiro atoms. The summed E-state index contributed by atoms with van der Waals surface area (Å²) in [5.74, 6) is -0.0519. The summed E-state index contributed by atoms with van der Waals surface area (Å²) in [4.78, 5) is 35.6. The molecule has 4 rings (SSSR count). The lowest BCUT2D eigenvalue weighted by atomic mass is 10.0. The van der Waals surface area contributed by atoms with E-state index in [1.54, 1.807) is 42.1 Å². The van der Waals surface area contributed by atoms with Gasteiger partial charge in [0.1, 0.15) is 0 Å². The molecule has 1 saturated heterocycles. The van der Waals surface area contributed by atoms with Gasteiger partial charge in [0.2, 0.25) is 0 Å². The second-order valence-electron chi connectivity index (χ2n) is 7.21. The average molecular weight is 410 g/mol. The molecule has 0 bridgehead atoms. The van der Waals surface area contributed by atoms with Crippen molar-refractivity contribution in [2.45, 2.75) is 32.7 Å². The number of piperidine rings is 1. The van der Waals surface area contributed by atoms with Gasteiger partial charge >= 0.3 is 0 Å². The van der Waals surface area contributed by atoms with E-state index in [-0.39, 0.29) is 17.9 Å². The largest absolute Gasteiger partial charge is 0.349 e. The van der Waals surface area contributed by atoms with Gasteiger partial charge in [0.15, 0.2) is 5.13 Å². The molecule has 1 aliphatic rings. The summed E-state index contributed by atoms with van der Waals surface area (Å²) in [5, 5.41) is 5.93. The zero-order valence-corrected chi connectivity index (χ0v) is 17.3. The number of hydrogen-bond acceptors (Lipinski definition) is 5. The van der Waals surface area contributed by atoms with E-state index in [4.69, 9.17) is 0 Å². The third-order valence-corrected chi connectivity index (χ3v) is 6.09. The number of aromatic nitrogens is 3. The van der Waals surface area contributed by atoms with E-state index in [0.29, 0.717) is 24.2 Å². The summed E-state index contributed by atoms with van der Waals surface area (Å²) in [6.07, 6.45) is 6.51. The van der Waals surface area contributed by atoms with Crippen molar-refractivity contribution in [3.8, 4) is 5.13 Å². The van der Waals surface area contributed by atoms with Gasteiger partial charge in [0.05, 0.1) is 5.56 Å². The van der Waals surface area contributed by atoms with Crippen LogP contribution in [-0.4, -0.2) is 50.4 Å². The van der Waals surface area contributed by atoms with Crippen LogP contribution >= 0.6 is 11.3 Å². The Labute approximate surface area is 173 Å². The topological polar surface area (TPSA) is 80.1 Å². The number of hydrogen-bond donors (Lipinski definition) is 1. The maximum atomic E-state index is 12.9. The SMILES string of the molecule is Cc1cc(C(=O)NC2CCN(C(=O)c3ccncc3)CC2)c(C)n1-c1nccs1. The molecule has 0 aromatic carbocycles. The molecular formula is C21H23N5O2S. The molecule has 3 aromatic heterocycles. The van der Waals surface area contributed by atoms with E-state index in [2.05, 4.69) is 15.3 Å². The van der Waals surface area contributed by atoms with Gasteiger partial charge in [-0.3, -0.25) is 19.1 Å². The number of carbonyl (C=O) groups is 2. The summed E-state index contributed by atoms with van der Waals surface area (Å²) in [5.41, 5.74) is 3.20. The van der Waals surface area contributed by atoms with Crippen molar-refractivity contribution in [1.29, 1.82) is 0 Å². The van der Waals surface area contributed by atoms with Crippen LogP contribution in [0.1, 0.15) is 44.9 Å². The highest BCUT2D eigenvalue weighted by Crippen LogP contribution is 2.23. The second kappa shape index (κ2) is 8.16. The highest BCUT2D eigenvalue weighted by molar-refractivity contribution is 7.12. The number of pyridine rings is 1. The Bertz CT molecular complexity index is 1010. The summed E-state index contributed by atoms with van der Waals surface area (Å²) < 4.78 is 2.01. The predicted octanol–water partition coefficient (Wildman–Crippen LogP) is 2.98. The molecule has 29 heavy (non-hydrogen) atoms. The maximum absolute atomic E-state index is 12.9. The van der Waals surface area contributed by atoms with Gasteiger partial charge < -0.3 is 10.2 Å². The lowest BCUT2D eigenvalue weighted by Gasteiger charge is -2.32. The van der Waals surface area contributed by atoms with Gasteiger partial charge in [-0.25, -0.2) is 4.98 Å². The van der Waals surface area contributed by atoms with Gasteiger partial charge in [0.25, 0.3) is 11.8 Å². The van der Waals surface area contributed by atoms with Crippen LogP contribution in [0.2, 0.25) is 0 Å². The Morgan fingerprint density at radius 2 is 1.86 bits per heavy atom. The Balaban J connectivity index is 1.38. The molecule has 1 N–H and O–H groups in total. The molecule has 8 heteroatoms. The number of rotatable bonds is 4. The van der Waals surface area contributed by atoms with E-state index in [1.807, 2.05) is 34.8 Å². The second-order valence-corrected chi connectivity index (χ2v) is 8.08. The van der Waals surface area contributed by atoms with Crippen molar-refractivity contribution in [2.75, 3.05) is 13.1 Å². The third-order valence-electron chi connectivity index (χ3n) is 5.33. The monoisotopic (exact) mass is 409 g/mol. The first-order chi connectivity index (χ1) is 14.0. The number of nitrogens with zero attached hydrogens (tertiary/aromatic N) is 4. The number of nitrogens with one attached hydrogen (secondary N) is 1. The molecule has 3 aromatic rings. The number of thiazole rings is 1. The van der Waals surface area contributed by atoms with Crippen LogP contribution < -0.4 is 5.32 Å². The van der Waals surface area contributed by atoms with E-state index in [1.165, 1.54) is 0 Å².